The van der Waals surface area contributed by atoms with E-state index in [0.717, 1.165) is 50.9 Å². The quantitative estimate of drug-likeness (QED) is 0.925. The molecule has 22 heavy (non-hydrogen) atoms. The maximum Gasteiger partial charge on any atom is 0.236 e. The van der Waals surface area contributed by atoms with Gasteiger partial charge in [0.25, 0.3) is 0 Å². The normalized spacial score (nSPS) is 23.9. The molecule has 120 valence electrons. The van der Waals surface area contributed by atoms with E-state index in [-0.39, 0.29) is 29.8 Å². The van der Waals surface area contributed by atoms with E-state index in [0.29, 0.717) is 0 Å². The predicted octanol–water partition coefficient (Wildman–Crippen LogP) is 1.72. The summed E-state index contributed by atoms with van der Waals surface area (Å²) in [4.78, 5) is 13.5. The Morgan fingerprint density at radius 1 is 1.41 bits per heavy atom. The van der Waals surface area contributed by atoms with Crippen LogP contribution in [0.15, 0.2) is 24.3 Å². The van der Waals surface area contributed by atoms with E-state index in [2.05, 4.69) is 0 Å². The fraction of sp³-hybridized carbons (Fsp3) is 0.588. The molecule has 1 spiro atoms. The lowest BCUT2D eigenvalue weighted by atomic mass is 9.76. The zero-order valence-electron chi connectivity index (χ0n) is 12.8. The van der Waals surface area contributed by atoms with Crippen LogP contribution in [0.3, 0.4) is 0 Å². The SMILES string of the molecule is NCC(=O)N1CCC2(CC1)CO[C@H](Cc1cccc(F)c1)C2. The lowest BCUT2D eigenvalue weighted by molar-refractivity contribution is -0.132. The molecule has 2 heterocycles. The van der Waals surface area contributed by atoms with Gasteiger partial charge in [-0.2, -0.15) is 0 Å². The number of likely N-dealkylation sites (tertiary alicyclic amines) is 1. The summed E-state index contributed by atoms with van der Waals surface area (Å²) in [5.41, 5.74) is 6.59. The van der Waals surface area contributed by atoms with Crippen molar-refractivity contribution in [3.05, 3.63) is 35.6 Å². The largest absolute Gasteiger partial charge is 0.377 e. The van der Waals surface area contributed by atoms with Crippen LogP contribution in [0.25, 0.3) is 0 Å². The van der Waals surface area contributed by atoms with Crippen LogP contribution in [0.1, 0.15) is 24.8 Å². The number of hydrogen-bond acceptors (Lipinski definition) is 3. The van der Waals surface area contributed by atoms with Gasteiger partial charge in [-0.1, -0.05) is 12.1 Å². The van der Waals surface area contributed by atoms with Gasteiger partial charge in [0.05, 0.1) is 19.3 Å². The molecule has 1 atom stereocenters. The van der Waals surface area contributed by atoms with Crippen molar-refractivity contribution in [1.82, 2.24) is 4.90 Å². The summed E-state index contributed by atoms with van der Waals surface area (Å²) in [5.74, 6) is -0.163. The Labute approximate surface area is 130 Å². The predicted molar refractivity (Wildman–Crippen MR) is 81.8 cm³/mol. The van der Waals surface area contributed by atoms with E-state index >= 15 is 0 Å². The number of piperidine rings is 1. The van der Waals surface area contributed by atoms with E-state index < -0.39 is 0 Å². The van der Waals surface area contributed by atoms with Crippen LogP contribution < -0.4 is 5.73 Å². The molecule has 1 aromatic carbocycles. The molecule has 2 N–H and O–H groups in total. The molecule has 5 heteroatoms. The van der Waals surface area contributed by atoms with Crippen molar-refractivity contribution in [3.63, 3.8) is 0 Å². The van der Waals surface area contributed by atoms with Gasteiger partial charge < -0.3 is 15.4 Å². The highest BCUT2D eigenvalue weighted by Gasteiger charge is 2.42. The highest BCUT2D eigenvalue weighted by Crippen LogP contribution is 2.42. The van der Waals surface area contributed by atoms with Crippen LogP contribution in [0.5, 0.6) is 0 Å². The molecule has 2 aliphatic rings. The monoisotopic (exact) mass is 306 g/mol. The number of hydrogen-bond donors (Lipinski definition) is 1. The second-order valence-corrected chi connectivity index (χ2v) is 6.56. The van der Waals surface area contributed by atoms with Crippen molar-refractivity contribution in [2.24, 2.45) is 11.1 Å². The second kappa shape index (κ2) is 6.34. The van der Waals surface area contributed by atoms with Crippen LogP contribution in [-0.4, -0.2) is 43.2 Å². The van der Waals surface area contributed by atoms with Crippen LogP contribution in [0.4, 0.5) is 4.39 Å². The summed E-state index contributed by atoms with van der Waals surface area (Å²) >= 11 is 0. The average Bonchev–Trinajstić information content (AvgIpc) is 2.90. The molecule has 0 saturated carbocycles. The Bertz CT molecular complexity index is 541. The number of amides is 1. The van der Waals surface area contributed by atoms with E-state index in [4.69, 9.17) is 10.5 Å². The number of halogens is 1. The first-order valence-corrected chi connectivity index (χ1v) is 7.94. The van der Waals surface area contributed by atoms with Crippen molar-refractivity contribution >= 4 is 5.91 Å². The summed E-state index contributed by atoms with van der Waals surface area (Å²) in [6.07, 6.45) is 3.84. The summed E-state index contributed by atoms with van der Waals surface area (Å²) < 4.78 is 19.2. The Hall–Kier alpha value is -1.46. The Morgan fingerprint density at radius 2 is 2.18 bits per heavy atom. The van der Waals surface area contributed by atoms with Gasteiger partial charge in [-0.3, -0.25) is 4.79 Å². The molecule has 0 aromatic heterocycles. The van der Waals surface area contributed by atoms with Gasteiger partial charge in [0, 0.05) is 13.1 Å². The Morgan fingerprint density at radius 3 is 2.86 bits per heavy atom. The van der Waals surface area contributed by atoms with Crippen LogP contribution in [0.2, 0.25) is 0 Å². The lowest BCUT2D eigenvalue weighted by Gasteiger charge is -2.38. The van der Waals surface area contributed by atoms with Crippen molar-refractivity contribution in [3.8, 4) is 0 Å². The molecule has 1 amide bonds. The van der Waals surface area contributed by atoms with E-state index in [1.165, 1.54) is 6.07 Å². The Kier molecular flexibility index (Phi) is 4.45. The highest BCUT2D eigenvalue weighted by molar-refractivity contribution is 5.78. The van der Waals surface area contributed by atoms with Gasteiger partial charge in [0.1, 0.15) is 5.82 Å². The third-order valence-electron chi connectivity index (χ3n) is 4.99. The number of benzene rings is 1. The minimum atomic E-state index is -0.196. The maximum absolute atomic E-state index is 13.3. The molecule has 2 aliphatic heterocycles. The standard InChI is InChI=1S/C17H23FN2O2/c18-14-3-1-2-13(8-14)9-15-10-17(12-22-15)4-6-20(7-5-17)16(21)11-19/h1-3,8,15H,4-7,9-12,19H2/t15-/m1/s1. The van der Waals surface area contributed by atoms with Gasteiger partial charge in [-0.05, 0) is 48.8 Å². The van der Waals surface area contributed by atoms with Gasteiger partial charge in [0.2, 0.25) is 5.91 Å². The summed E-state index contributed by atoms with van der Waals surface area (Å²) in [5, 5.41) is 0. The topological polar surface area (TPSA) is 55.6 Å². The number of ether oxygens (including phenoxy) is 1. The minimum absolute atomic E-state index is 0.0325. The molecule has 4 nitrogen and oxygen atoms in total. The molecule has 2 fully saturated rings. The van der Waals surface area contributed by atoms with Crippen LogP contribution in [0, 0.1) is 11.2 Å². The molecule has 0 aliphatic carbocycles. The second-order valence-electron chi connectivity index (χ2n) is 6.56. The maximum atomic E-state index is 13.3. The van der Waals surface area contributed by atoms with Crippen LogP contribution >= 0.6 is 0 Å². The fourth-order valence-corrected chi connectivity index (χ4v) is 3.66. The molecule has 1 aromatic rings. The zero-order valence-corrected chi connectivity index (χ0v) is 12.8. The fourth-order valence-electron chi connectivity index (χ4n) is 3.66. The number of nitrogens with two attached hydrogens (primary N) is 1. The summed E-state index contributed by atoms with van der Waals surface area (Å²) in [6, 6.07) is 6.73. The minimum Gasteiger partial charge on any atom is -0.377 e. The number of rotatable bonds is 3. The van der Waals surface area contributed by atoms with Crippen molar-refractivity contribution in [2.75, 3.05) is 26.2 Å². The molecule has 3 rings (SSSR count). The molecule has 2 saturated heterocycles. The van der Waals surface area contributed by atoms with Crippen LogP contribution in [-0.2, 0) is 16.0 Å². The number of carbonyl (C=O) groups excluding carboxylic acids is 1. The smallest absolute Gasteiger partial charge is 0.236 e. The highest BCUT2D eigenvalue weighted by atomic mass is 19.1. The molecule has 0 bridgehead atoms. The third kappa shape index (κ3) is 3.31. The molecular weight excluding hydrogens is 283 g/mol. The van der Waals surface area contributed by atoms with Crippen molar-refractivity contribution in [1.29, 1.82) is 0 Å². The van der Waals surface area contributed by atoms with E-state index in [1.807, 2.05) is 11.0 Å². The number of carbonyl (C=O) groups is 1. The summed E-state index contributed by atoms with van der Waals surface area (Å²) in [7, 11) is 0. The summed E-state index contributed by atoms with van der Waals surface area (Å²) in [6.45, 7) is 2.38. The van der Waals surface area contributed by atoms with Gasteiger partial charge in [-0.25, -0.2) is 4.39 Å². The molecule has 0 radical (unpaired) electrons. The third-order valence-corrected chi connectivity index (χ3v) is 4.99. The first-order valence-electron chi connectivity index (χ1n) is 7.94. The average molecular weight is 306 g/mol. The van der Waals surface area contributed by atoms with Gasteiger partial charge in [-0.15, -0.1) is 0 Å². The number of nitrogens with zero attached hydrogens (tertiary/aromatic N) is 1. The van der Waals surface area contributed by atoms with Gasteiger partial charge in [0.15, 0.2) is 0 Å². The van der Waals surface area contributed by atoms with Crippen molar-refractivity contribution in [2.45, 2.75) is 31.8 Å². The molecule has 0 unspecified atom stereocenters. The first kappa shape index (κ1) is 15.4. The van der Waals surface area contributed by atoms with Crippen molar-refractivity contribution < 1.29 is 13.9 Å². The van der Waals surface area contributed by atoms with Gasteiger partial charge >= 0.3 is 0 Å². The van der Waals surface area contributed by atoms with E-state index in [9.17, 15) is 9.18 Å². The van der Waals surface area contributed by atoms with E-state index in [1.54, 1.807) is 12.1 Å². The first-order chi connectivity index (χ1) is 10.6. The Balaban J connectivity index is 1.55. The molecular formula is C17H23FN2O2. The lowest BCUT2D eigenvalue weighted by Crippen LogP contribution is -2.45. The zero-order chi connectivity index (χ0) is 15.6.